The van der Waals surface area contributed by atoms with Gasteiger partial charge in [-0.15, -0.1) is 0 Å². The molecule has 0 saturated carbocycles. The highest BCUT2D eigenvalue weighted by atomic mass is 16.5. The van der Waals surface area contributed by atoms with E-state index in [2.05, 4.69) is 0 Å². The van der Waals surface area contributed by atoms with Crippen LogP contribution in [0.15, 0.2) is 46.1 Å². The summed E-state index contributed by atoms with van der Waals surface area (Å²) in [6.45, 7) is 0.798. The first-order valence-electron chi connectivity index (χ1n) is 6.29. The molecule has 0 aliphatic heterocycles. The second-order valence-corrected chi connectivity index (χ2v) is 4.32. The Kier molecular flexibility index (Phi) is 4.37. The van der Waals surface area contributed by atoms with Crippen LogP contribution in [0.1, 0.15) is 5.56 Å². The van der Waals surface area contributed by atoms with Crippen molar-refractivity contribution in [2.45, 2.75) is 13.1 Å². The molecular weight excluding hydrogens is 258 g/mol. The van der Waals surface area contributed by atoms with Crippen LogP contribution < -0.4 is 21.7 Å². The fourth-order valence-corrected chi connectivity index (χ4v) is 2.03. The van der Waals surface area contributed by atoms with Crippen molar-refractivity contribution < 1.29 is 4.74 Å². The maximum atomic E-state index is 12.2. The van der Waals surface area contributed by atoms with Crippen LogP contribution in [0.5, 0.6) is 5.75 Å². The molecule has 0 unspecified atom stereocenters. The van der Waals surface area contributed by atoms with Gasteiger partial charge in [0.1, 0.15) is 5.75 Å². The minimum atomic E-state index is -0.367. The average Bonchev–Trinajstić information content (AvgIpc) is 2.47. The van der Waals surface area contributed by atoms with E-state index in [1.807, 2.05) is 24.3 Å². The van der Waals surface area contributed by atoms with E-state index >= 15 is 0 Å². The van der Waals surface area contributed by atoms with Crippen LogP contribution in [0.2, 0.25) is 0 Å². The number of rotatable bonds is 5. The van der Waals surface area contributed by atoms with Crippen molar-refractivity contribution in [3.05, 3.63) is 62.9 Å². The summed E-state index contributed by atoms with van der Waals surface area (Å²) >= 11 is 0. The number of para-hydroxylation sites is 1. The lowest BCUT2D eigenvalue weighted by molar-refractivity contribution is 0.407. The van der Waals surface area contributed by atoms with Crippen LogP contribution in [0.4, 0.5) is 0 Å². The summed E-state index contributed by atoms with van der Waals surface area (Å²) in [4.78, 5) is 23.8. The van der Waals surface area contributed by atoms with E-state index in [0.29, 0.717) is 12.3 Å². The Morgan fingerprint density at radius 2 is 1.95 bits per heavy atom. The number of methoxy groups -OCH3 is 1. The minimum Gasteiger partial charge on any atom is -0.496 e. The standard InChI is InChI=1S/C14H17N3O3/c1-20-12-5-3-2-4-11(12)10-16-8-6-13(18)17(9-7-15)14(16)19/h2-6,8H,7,9-10,15H2,1H3. The Hall–Kier alpha value is -2.34. The summed E-state index contributed by atoms with van der Waals surface area (Å²) < 4.78 is 7.86. The number of nitrogens with two attached hydrogens (primary N) is 1. The van der Waals surface area contributed by atoms with Gasteiger partial charge in [0, 0.05) is 30.9 Å². The third-order valence-electron chi connectivity index (χ3n) is 3.03. The van der Waals surface area contributed by atoms with Crippen LogP contribution >= 0.6 is 0 Å². The van der Waals surface area contributed by atoms with Crippen molar-refractivity contribution in [2.24, 2.45) is 5.73 Å². The highest BCUT2D eigenvalue weighted by Gasteiger charge is 2.07. The normalized spacial score (nSPS) is 10.5. The molecule has 106 valence electrons. The Labute approximate surface area is 116 Å². The van der Waals surface area contributed by atoms with Crippen LogP contribution in [0, 0.1) is 0 Å². The molecule has 1 aromatic heterocycles. The lowest BCUT2D eigenvalue weighted by atomic mass is 10.2. The first-order valence-corrected chi connectivity index (χ1v) is 6.29. The van der Waals surface area contributed by atoms with Gasteiger partial charge in [0.25, 0.3) is 5.56 Å². The molecule has 0 bridgehead atoms. The highest BCUT2D eigenvalue weighted by molar-refractivity contribution is 5.33. The number of benzene rings is 1. The first kappa shape index (κ1) is 14.1. The lowest BCUT2D eigenvalue weighted by Gasteiger charge is -2.11. The van der Waals surface area contributed by atoms with Crippen molar-refractivity contribution >= 4 is 0 Å². The molecule has 2 rings (SSSR count). The van der Waals surface area contributed by atoms with Crippen LogP contribution in [-0.4, -0.2) is 22.8 Å². The average molecular weight is 275 g/mol. The third-order valence-corrected chi connectivity index (χ3v) is 3.03. The van der Waals surface area contributed by atoms with Crippen LogP contribution in [0.3, 0.4) is 0 Å². The van der Waals surface area contributed by atoms with Gasteiger partial charge in [0.05, 0.1) is 13.7 Å². The Balaban J connectivity index is 2.42. The van der Waals surface area contributed by atoms with Gasteiger partial charge in [-0.3, -0.25) is 13.9 Å². The summed E-state index contributed by atoms with van der Waals surface area (Å²) in [5.41, 5.74) is 5.59. The molecule has 0 aliphatic carbocycles. The zero-order valence-electron chi connectivity index (χ0n) is 11.3. The lowest BCUT2D eigenvalue weighted by Crippen LogP contribution is -2.40. The predicted octanol–water partition coefficient (Wildman–Crippen LogP) is 0.0256. The molecule has 0 saturated heterocycles. The molecule has 0 atom stereocenters. The number of hydrogen-bond donors (Lipinski definition) is 1. The predicted molar refractivity (Wildman–Crippen MR) is 76.1 cm³/mol. The number of ether oxygens (including phenoxy) is 1. The first-order chi connectivity index (χ1) is 9.67. The van der Waals surface area contributed by atoms with Gasteiger partial charge >= 0.3 is 5.69 Å². The molecule has 20 heavy (non-hydrogen) atoms. The zero-order chi connectivity index (χ0) is 14.5. The monoisotopic (exact) mass is 275 g/mol. The quantitative estimate of drug-likeness (QED) is 0.834. The Morgan fingerprint density at radius 3 is 2.65 bits per heavy atom. The van der Waals surface area contributed by atoms with Crippen molar-refractivity contribution in [2.75, 3.05) is 13.7 Å². The van der Waals surface area contributed by atoms with Crippen molar-refractivity contribution in [3.8, 4) is 5.75 Å². The van der Waals surface area contributed by atoms with Gasteiger partial charge in [-0.1, -0.05) is 18.2 Å². The van der Waals surface area contributed by atoms with Crippen molar-refractivity contribution in [1.29, 1.82) is 0 Å². The van der Waals surface area contributed by atoms with Gasteiger partial charge in [-0.2, -0.15) is 0 Å². The maximum absolute atomic E-state index is 12.2. The van der Waals surface area contributed by atoms with Crippen LogP contribution in [0.25, 0.3) is 0 Å². The molecule has 0 aliphatic rings. The van der Waals surface area contributed by atoms with E-state index in [9.17, 15) is 9.59 Å². The van der Waals surface area contributed by atoms with E-state index in [4.69, 9.17) is 10.5 Å². The van der Waals surface area contributed by atoms with Gasteiger partial charge in [-0.05, 0) is 6.07 Å². The van der Waals surface area contributed by atoms with E-state index in [1.54, 1.807) is 7.11 Å². The van der Waals surface area contributed by atoms with Crippen LogP contribution in [-0.2, 0) is 13.1 Å². The molecule has 0 fully saturated rings. The maximum Gasteiger partial charge on any atom is 0.331 e. The van der Waals surface area contributed by atoms with Gasteiger partial charge in [0.15, 0.2) is 0 Å². The number of nitrogens with zero attached hydrogens (tertiary/aromatic N) is 2. The van der Waals surface area contributed by atoms with Crippen molar-refractivity contribution in [3.63, 3.8) is 0 Å². The molecule has 6 nitrogen and oxygen atoms in total. The summed E-state index contributed by atoms with van der Waals surface area (Å²) in [5.74, 6) is 0.705. The van der Waals surface area contributed by atoms with Gasteiger partial charge in [-0.25, -0.2) is 4.79 Å². The SMILES string of the molecule is COc1ccccc1Cn1ccc(=O)n(CCN)c1=O. The summed E-state index contributed by atoms with van der Waals surface area (Å²) in [5, 5.41) is 0. The third kappa shape index (κ3) is 2.80. The smallest absolute Gasteiger partial charge is 0.331 e. The molecule has 2 aromatic rings. The van der Waals surface area contributed by atoms with Crippen molar-refractivity contribution in [1.82, 2.24) is 9.13 Å². The molecule has 0 radical (unpaired) electrons. The second-order valence-electron chi connectivity index (χ2n) is 4.32. The molecule has 1 heterocycles. The molecule has 2 N–H and O–H groups in total. The highest BCUT2D eigenvalue weighted by Crippen LogP contribution is 2.17. The molecule has 1 aromatic carbocycles. The van der Waals surface area contributed by atoms with Gasteiger partial charge < -0.3 is 10.5 Å². The molecule has 0 spiro atoms. The van der Waals surface area contributed by atoms with E-state index in [-0.39, 0.29) is 24.3 Å². The summed E-state index contributed by atoms with van der Waals surface area (Å²) in [6, 6.07) is 8.81. The van der Waals surface area contributed by atoms with E-state index in [1.165, 1.54) is 16.8 Å². The fraction of sp³-hybridized carbons (Fsp3) is 0.286. The topological polar surface area (TPSA) is 79.2 Å². The number of aromatic nitrogens is 2. The van der Waals surface area contributed by atoms with E-state index in [0.717, 1.165) is 10.1 Å². The van der Waals surface area contributed by atoms with Gasteiger partial charge in [0.2, 0.25) is 0 Å². The fourth-order valence-electron chi connectivity index (χ4n) is 2.03. The largest absolute Gasteiger partial charge is 0.496 e. The summed E-state index contributed by atoms with van der Waals surface area (Å²) in [6.07, 6.45) is 1.49. The number of hydrogen-bond acceptors (Lipinski definition) is 4. The zero-order valence-corrected chi connectivity index (χ0v) is 11.3. The Morgan fingerprint density at radius 1 is 1.20 bits per heavy atom. The molecule has 6 heteroatoms. The molecule has 0 amide bonds. The Bertz CT molecular complexity index is 703. The minimum absolute atomic E-state index is 0.213. The van der Waals surface area contributed by atoms with E-state index < -0.39 is 0 Å². The summed E-state index contributed by atoms with van der Waals surface area (Å²) in [7, 11) is 1.58. The second kappa shape index (κ2) is 6.21. The molecular formula is C14H17N3O3.